The summed E-state index contributed by atoms with van der Waals surface area (Å²) < 4.78 is 3.29. The molecule has 0 saturated heterocycles. The van der Waals surface area contributed by atoms with Crippen LogP contribution in [0.25, 0.3) is 11.4 Å². The minimum Gasteiger partial charge on any atom is -0.249 e. The summed E-state index contributed by atoms with van der Waals surface area (Å²) in [6, 6.07) is 8.90. The summed E-state index contributed by atoms with van der Waals surface area (Å²) in [6.07, 6.45) is 8.40. The van der Waals surface area contributed by atoms with Gasteiger partial charge in [0.25, 0.3) is 0 Å². The Labute approximate surface area is 121 Å². The lowest BCUT2D eigenvalue weighted by Gasteiger charge is -2.21. The lowest BCUT2D eigenvalue weighted by molar-refractivity contribution is 0.329. The third kappa shape index (κ3) is 2.58. The minimum absolute atomic E-state index is 0.558. The van der Waals surface area contributed by atoms with E-state index in [0.29, 0.717) is 6.04 Å². The van der Waals surface area contributed by atoms with Gasteiger partial charge < -0.3 is 0 Å². The first kappa shape index (κ1) is 12.1. The Morgan fingerprint density at radius 2 is 2.00 bits per heavy atom. The van der Waals surface area contributed by atoms with Crippen LogP contribution in [0.5, 0.6) is 0 Å². The third-order valence-electron chi connectivity index (χ3n) is 3.54. The van der Waals surface area contributed by atoms with Crippen molar-refractivity contribution in [3.8, 4) is 11.4 Å². The quantitative estimate of drug-likeness (QED) is 0.763. The maximum Gasteiger partial charge on any atom is 0.181 e. The lowest BCUT2D eigenvalue weighted by atomic mass is 9.96. The van der Waals surface area contributed by atoms with Crippen LogP contribution in [0.3, 0.4) is 0 Å². The van der Waals surface area contributed by atoms with Crippen LogP contribution in [-0.4, -0.2) is 14.8 Å². The molecule has 0 N–H and O–H groups in total. The van der Waals surface area contributed by atoms with Crippen molar-refractivity contribution in [1.29, 1.82) is 0 Å². The highest BCUT2D eigenvalue weighted by molar-refractivity contribution is 14.1. The maximum absolute atomic E-state index is 4.65. The van der Waals surface area contributed by atoms with Crippen molar-refractivity contribution >= 4 is 22.6 Å². The molecule has 1 heterocycles. The molecule has 1 aromatic heterocycles. The summed E-state index contributed by atoms with van der Waals surface area (Å²) in [4.78, 5) is 4.45. The van der Waals surface area contributed by atoms with Crippen LogP contribution in [0.4, 0.5) is 0 Å². The molecule has 0 aliphatic heterocycles. The Bertz CT molecular complexity index is 529. The molecule has 1 aliphatic rings. The van der Waals surface area contributed by atoms with Crippen molar-refractivity contribution in [2.24, 2.45) is 0 Å². The van der Waals surface area contributed by atoms with Gasteiger partial charge in [0.15, 0.2) is 5.82 Å². The summed E-state index contributed by atoms with van der Waals surface area (Å²) >= 11 is 2.32. The van der Waals surface area contributed by atoms with Gasteiger partial charge >= 0.3 is 0 Å². The van der Waals surface area contributed by atoms with Gasteiger partial charge in [0.2, 0.25) is 0 Å². The first-order valence-corrected chi connectivity index (χ1v) is 7.58. The summed E-state index contributed by atoms with van der Waals surface area (Å²) in [5.41, 5.74) is 1.11. The van der Waals surface area contributed by atoms with Gasteiger partial charge in [-0.15, -0.1) is 0 Å². The smallest absolute Gasteiger partial charge is 0.181 e. The second-order valence-electron chi connectivity index (χ2n) is 4.85. The molecule has 3 nitrogen and oxygen atoms in total. The van der Waals surface area contributed by atoms with Crippen LogP contribution in [0.15, 0.2) is 30.6 Å². The predicted octanol–water partition coefficient (Wildman–Crippen LogP) is 4.05. The van der Waals surface area contributed by atoms with Crippen LogP contribution in [0, 0.1) is 3.57 Å². The zero-order valence-corrected chi connectivity index (χ0v) is 12.4. The van der Waals surface area contributed by atoms with E-state index in [1.165, 1.54) is 35.7 Å². The van der Waals surface area contributed by atoms with Crippen molar-refractivity contribution in [2.45, 2.75) is 38.1 Å². The zero-order chi connectivity index (χ0) is 12.4. The molecular formula is C14H16IN3. The molecule has 0 radical (unpaired) electrons. The summed E-state index contributed by atoms with van der Waals surface area (Å²) in [5, 5.41) is 4.65. The summed E-state index contributed by atoms with van der Waals surface area (Å²) in [7, 11) is 0. The van der Waals surface area contributed by atoms with Crippen LogP contribution >= 0.6 is 22.6 Å². The van der Waals surface area contributed by atoms with E-state index in [2.05, 4.69) is 61.6 Å². The van der Waals surface area contributed by atoms with E-state index in [9.17, 15) is 0 Å². The molecule has 0 spiro atoms. The van der Waals surface area contributed by atoms with Crippen molar-refractivity contribution < 1.29 is 0 Å². The second-order valence-corrected chi connectivity index (χ2v) is 6.10. The topological polar surface area (TPSA) is 30.7 Å². The van der Waals surface area contributed by atoms with Gasteiger partial charge in [-0.05, 0) is 47.6 Å². The van der Waals surface area contributed by atoms with E-state index in [4.69, 9.17) is 0 Å². The average Bonchev–Trinajstić information content (AvgIpc) is 2.89. The van der Waals surface area contributed by atoms with Crippen LogP contribution < -0.4 is 0 Å². The van der Waals surface area contributed by atoms with Crippen LogP contribution in [0.1, 0.15) is 38.1 Å². The SMILES string of the molecule is Ic1cccc(-c2ncn(C3CCCCC3)n2)c1. The molecule has 1 aliphatic carbocycles. The van der Waals surface area contributed by atoms with Crippen LogP contribution in [-0.2, 0) is 0 Å². The average molecular weight is 353 g/mol. The molecule has 2 aromatic rings. The fourth-order valence-electron chi connectivity index (χ4n) is 2.56. The van der Waals surface area contributed by atoms with E-state index in [1.807, 2.05) is 6.33 Å². The number of halogens is 1. The molecular weight excluding hydrogens is 337 g/mol. The highest BCUT2D eigenvalue weighted by Crippen LogP contribution is 2.28. The molecule has 0 atom stereocenters. The number of rotatable bonds is 2. The van der Waals surface area contributed by atoms with Crippen molar-refractivity contribution in [2.75, 3.05) is 0 Å². The Balaban J connectivity index is 1.84. The van der Waals surface area contributed by atoms with Crippen LogP contribution in [0.2, 0.25) is 0 Å². The van der Waals surface area contributed by atoms with Gasteiger partial charge in [-0.2, -0.15) is 5.10 Å². The van der Waals surface area contributed by atoms with Gasteiger partial charge in [-0.25, -0.2) is 9.67 Å². The maximum atomic E-state index is 4.65. The number of benzene rings is 1. The van der Waals surface area contributed by atoms with E-state index in [1.54, 1.807) is 0 Å². The molecule has 0 bridgehead atoms. The van der Waals surface area contributed by atoms with Gasteiger partial charge in [-0.1, -0.05) is 31.4 Å². The van der Waals surface area contributed by atoms with Crippen molar-refractivity contribution in [3.05, 3.63) is 34.2 Å². The van der Waals surface area contributed by atoms with E-state index < -0.39 is 0 Å². The van der Waals surface area contributed by atoms with Crippen molar-refractivity contribution in [1.82, 2.24) is 14.8 Å². The molecule has 94 valence electrons. The Morgan fingerprint density at radius 1 is 1.17 bits per heavy atom. The van der Waals surface area contributed by atoms with E-state index in [-0.39, 0.29) is 0 Å². The summed E-state index contributed by atoms with van der Waals surface area (Å²) in [6.45, 7) is 0. The second kappa shape index (κ2) is 5.38. The van der Waals surface area contributed by atoms with Gasteiger partial charge in [-0.3, -0.25) is 0 Å². The number of hydrogen-bond acceptors (Lipinski definition) is 2. The first-order chi connectivity index (χ1) is 8.83. The Kier molecular flexibility index (Phi) is 3.63. The molecule has 0 amide bonds. The van der Waals surface area contributed by atoms with Crippen molar-refractivity contribution in [3.63, 3.8) is 0 Å². The lowest BCUT2D eigenvalue weighted by Crippen LogP contribution is -2.13. The highest BCUT2D eigenvalue weighted by atomic mass is 127. The molecule has 3 rings (SSSR count). The monoisotopic (exact) mass is 353 g/mol. The molecule has 4 heteroatoms. The predicted molar refractivity (Wildman–Crippen MR) is 80.3 cm³/mol. The number of hydrogen-bond donors (Lipinski definition) is 0. The number of aromatic nitrogens is 3. The van der Waals surface area contributed by atoms with Gasteiger partial charge in [0.1, 0.15) is 6.33 Å². The normalized spacial score (nSPS) is 16.9. The first-order valence-electron chi connectivity index (χ1n) is 6.50. The summed E-state index contributed by atoms with van der Waals surface area (Å²) in [5.74, 6) is 0.846. The molecule has 0 unspecified atom stereocenters. The Hall–Kier alpha value is -0.910. The zero-order valence-electron chi connectivity index (χ0n) is 10.2. The standard InChI is InChI=1S/C14H16IN3/c15-12-6-4-5-11(9-12)14-16-10-18(17-14)13-7-2-1-3-8-13/h4-6,9-10,13H,1-3,7-8H2. The van der Waals surface area contributed by atoms with E-state index in [0.717, 1.165) is 11.4 Å². The molecule has 18 heavy (non-hydrogen) atoms. The third-order valence-corrected chi connectivity index (χ3v) is 4.21. The fraction of sp³-hybridized carbons (Fsp3) is 0.429. The van der Waals surface area contributed by atoms with E-state index >= 15 is 0 Å². The Morgan fingerprint density at radius 3 is 2.78 bits per heavy atom. The molecule has 1 aromatic carbocycles. The highest BCUT2D eigenvalue weighted by Gasteiger charge is 2.16. The molecule has 1 saturated carbocycles. The fourth-order valence-corrected chi connectivity index (χ4v) is 3.10. The molecule has 1 fully saturated rings. The minimum atomic E-state index is 0.558. The van der Waals surface area contributed by atoms with Gasteiger partial charge in [0, 0.05) is 9.13 Å². The largest absolute Gasteiger partial charge is 0.249 e. The van der Waals surface area contributed by atoms with Gasteiger partial charge in [0.05, 0.1) is 6.04 Å². The number of nitrogens with zero attached hydrogens (tertiary/aromatic N) is 3.